The Morgan fingerprint density at radius 3 is 2.04 bits per heavy atom. The van der Waals surface area contributed by atoms with Gasteiger partial charge in [0.15, 0.2) is 23.3 Å². The number of amides is 1. The van der Waals surface area contributed by atoms with E-state index < -0.39 is 58.0 Å². The fraction of sp³-hybridized carbons (Fsp3) is 0.0833. The molecule has 0 radical (unpaired) electrons. The quantitative estimate of drug-likeness (QED) is 0.292. The normalized spacial score (nSPS) is 16.6. The first-order valence-corrected chi connectivity index (χ1v) is 6.86. The Bertz CT molecular complexity index is 751. The zero-order valence-electron chi connectivity index (χ0n) is 10.7. The summed E-state index contributed by atoms with van der Waals surface area (Å²) in [7, 11) is 0. The average molecular weight is 369 g/mol. The van der Waals surface area contributed by atoms with Crippen LogP contribution in [-0.2, 0) is 9.59 Å². The number of nitrogens with zero attached hydrogens (tertiary/aromatic N) is 1. The number of carbonyl (C=O) groups is 2. The standard InChI is InChI=1S/C12H4F5NO3S2/c13-6-3(7(14)9(16)10(17)8(6)15)1-4-11(21)18(2-5(19)20)12(22)23-4/h1H,2H2,(H,19,20). The highest BCUT2D eigenvalue weighted by Gasteiger charge is 2.34. The van der Waals surface area contributed by atoms with Crippen molar-refractivity contribution in [2.24, 2.45) is 0 Å². The van der Waals surface area contributed by atoms with Gasteiger partial charge in [-0.05, 0) is 6.08 Å². The van der Waals surface area contributed by atoms with E-state index in [0.29, 0.717) is 22.7 Å². The minimum Gasteiger partial charge on any atom is -0.480 e. The summed E-state index contributed by atoms with van der Waals surface area (Å²) in [6.45, 7) is -0.793. The van der Waals surface area contributed by atoms with Crippen molar-refractivity contribution in [1.29, 1.82) is 0 Å². The van der Waals surface area contributed by atoms with E-state index >= 15 is 0 Å². The lowest BCUT2D eigenvalue weighted by atomic mass is 10.1. The second kappa shape index (κ2) is 6.24. The molecule has 0 bridgehead atoms. The van der Waals surface area contributed by atoms with Gasteiger partial charge in [0.25, 0.3) is 5.91 Å². The van der Waals surface area contributed by atoms with Crippen LogP contribution >= 0.6 is 24.0 Å². The van der Waals surface area contributed by atoms with Crippen LogP contribution in [0.25, 0.3) is 6.08 Å². The predicted octanol–water partition coefficient (Wildman–Crippen LogP) is 2.67. The molecule has 1 saturated heterocycles. The van der Waals surface area contributed by atoms with Gasteiger partial charge in [-0.15, -0.1) is 0 Å². The molecule has 1 aromatic carbocycles. The lowest BCUT2D eigenvalue weighted by Crippen LogP contribution is -2.33. The summed E-state index contributed by atoms with van der Waals surface area (Å²) in [5.74, 6) is -13.2. The molecule has 1 aromatic rings. The SMILES string of the molecule is O=C(O)CN1C(=O)C(=Cc2c(F)c(F)c(F)c(F)c2F)SC1=S. The Hall–Kier alpha value is -2.01. The van der Waals surface area contributed by atoms with Gasteiger partial charge in [-0.25, -0.2) is 22.0 Å². The number of thioether (sulfide) groups is 1. The summed E-state index contributed by atoms with van der Waals surface area (Å²) in [5, 5.41) is 8.63. The Morgan fingerprint density at radius 2 is 1.57 bits per heavy atom. The first-order valence-electron chi connectivity index (χ1n) is 5.63. The highest BCUT2D eigenvalue weighted by Crippen LogP contribution is 2.34. The van der Waals surface area contributed by atoms with E-state index in [9.17, 15) is 31.5 Å². The molecule has 0 spiro atoms. The molecule has 0 saturated carbocycles. The van der Waals surface area contributed by atoms with Crippen LogP contribution in [0.4, 0.5) is 22.0 Å². The maximum absolute atomic E-state index is 13.6. The third kappa shape index (κ3) is 3.06. The molecule has 122 valence electrons. The largest absolute Gasteiger partial charge is 0.480 e. The summed E-state index contributed by atoms with van der Waals surface area (Å²) < 4.78 is 66.1. The van der Waals surface area contributed by atoms with Crippen molar-refractivity contribution in [3.8, 4) is 0 Å². The highest BCUT2D eigenvalue weighted by atomic mass is 32.2. The van der Waals surface area contributed by atoms with Crippen LogP contribution in [0.15, 0.2) is 4.91 Å². The van der Waals surface area contributed by atoms with Crippen LogP contribution in [0.2, 0.25) is 0 Å². The van der Waals surface area contributed by atoms with E-state index in [0.717, 1.165) is 0 Å². The zero-order chi connectivity index (χ0) is 17.5. The Kier molecular flexibility index (Phi) is 4.71. The molecular weight excluding hydrogens is 365 g/mol. The molecular formula is C12H4F5NO3S2. The van der Waals surface area contributed by atoms with E-state index in [4.69, 9.17) is 17.3 Å². The molecule has 23 heavy (non-hydrogen) atoms. The summed E-state index contributed by atoms with van der Waals surface area (Å²) in [6.07, 6.45) is 0.442. The third-order valence-corrected chi connectivity index (χ3v) is 4.06. The van der Waals surface area contributed by atoms with E-state index in [-0.39, 0.29) is 4.32 Å². The van der Waals surface area contributed by atoms with Crippen LogP contribution in [0.5, 0.6) is 0 Å². The molecule has 0 atom stereocenters. The molecule has 1 aliphatic heterocycles. The van der Waals surface area contributed by atoms with Gasteiger partial charge < -0.3 is 5.11 Å². The van der Waals surface area contributed by atoms with Crippen LogP contribution in [0.3, 0.4) is 0 Å². The van der Waals surface area contributed by atoms with Gasteiger partial charge in [0.05, 0.1) is 10.5 Å². The van der Waals surface area contributed by atoms with Crippen molar-refractivity contribution in [1.82, 2.24) is 4.90 Å². The van der Waals surface area contributed by atoms with Crippen molar-refractivity contribution in [2.45, 2.75) is 0 Å². The summed E-state index contributed by atoms with van der Waals surface area (Å²) in [5.41, 5.74) is -1.31. The average Bonchev–Trinajstić information content (AvgIpc) is 2.74. The van der Waals surface area contributed by atoms with Crippen molar-refractivity contribution < 1.29 is 36.6 Å². The second-order valence-corrected chi connectivity index (χ2v) is 5.82. The molecule has 4 nitrogen and oxygen atoms in total. The molecule has 11 heteroatoms. The Labute approximate surface area is 134 Å². The lowest BCUT2D eigenvalue weighted by Gasteiger charge is -2.10. The molecule has 2 rings (SSSR count). The van der Waals surface area contributed by atoms with E-state index in [1.807, 2.05) is 0 Å². The van der Waals surface area contributed by atoms with Crippen LogP contribution < -0.4 is 0 Å². The molecule has 1 heterocycles. The molecule has 0 aromatic heterocycles. The van der Waals surface area contributed by atoms with Gasteiger partial charge in [-0.3, -0.25) is 14.5 Å². The second-order valence-electron chi connectivity index (χ2n) is 4.15. The number of thiocarbonyl (C=S) groups is 1. The van der Waals surface area contributed by atoms with Crippen molar-refractivity contribution in [3.05, 3.63) is 39.6 Å². The molecule has 1 fully saturated rings. The smallest absolute Gasteiger partial charge is 0.323 e. The Balaban J connectivity index is 2.50. The van der Waals surface area contributed by atoms with Gasteiger partial charge in [-0.1, -0.05) is 24.0 Å². The maximum Gasteiger partial charge on any atom is 0.323 e. The third-order valence-electron chi connectivity index (χ3n) is 2.69. The fourth-order valence-corrected chi connectivity index (χ4v) is 2.89. The first-order chi connectivity index (χ1) is 10.6. The number of halogens is 5. The van der Waals surface area contributed by atoms with Gasteiger partial charge in [0.2, 0.25) is 5.82 Å². The number of rotatable bonds is 3. The summed E-state index contributed by atoms with van der Waals surface area (Å²) in [4.78, 5) is 22.7. The monoisotopic (exact) mass is 369 g/mol. The van der Waals surface area contributed by atoms with E-state index in [1.165, 1.54) is 0 Å². The van der Waals surface area contributed by atoms with Crippen molar-refractivity contribution in [3.63, 3.8) is 0 Å². The number of aliphatic carboxylic acids is 1. The van der Waals surface area contributed by atoms with Gasteiger partial charge in [-0.2, -0.15) is 0 Å². The molecule has 1 N–H and O–H groups in total. The number of carboxylic acid groups (broad SMARTS) is 1. The van der Waals surface area contributed by atoms with Crippen LogP contribution in [-0.4, -0.2) is 32.7 Å². The minimum atomic E-state index is -2.32. The van der Waals surface area contributed by atoms with Gasteiger partial charge >= 0.3 is 5.97 Å². The molecule has 1 aliphatic rings. The number of hydrogen-bond donors (Lipinski definition) is 1. The predicted molar refractivity (Wildman–Crippen MR) is 73.7 cm³/mol. The van der Waals surface area contributed by atoms with Crippen LogP contribution in [0, 0.1) is 29.1 Å². The zero-order valence-corrected chi connectivity index (χ0v) is 12.3. The van der Waals surface area contributed by atoms with E-state index in [1.54, 1.807) is 0 Å². The summed E-state index contributed by atoms with van der Waals surface area (Å²) in [6, 6.07) is 0. The van der Waals surface area contributed by atoms with Gasteiger partial charge in [0.1, 0.15) is 10.9 Å². The van der Waals surface area contributed by atoms with Crippen LogP contribution in [0.1, 0.15) is 5.56 Å². The first kappa shape index (κ1) is 17.3. The number of hydrogen-bond acceptors (Lipinski definition) is 4. The molecule has 1 amide bonds. The lowest BCUT2D eigenvalue weighted by molar-refractivity contribution is -0.140. The van der Waals surface area contributed by atoms with Gasteiger partial charge in [0, 0.05) is 0 Å². The molecule has 0 aliphatic carbocycles. The number of carbonyl (C=O) groups excluding carboxylic acids is 1. The number of carboxylic acids is 1. The van der Waals surface area contributed by atoms with Crippen molar-refractivity contribution in [2.75, 3.05) is 6.54 Å². The van der Waals surface area contributed by atoms with E-state index in [2.05, 4.69) is 0 Å². The highest BCUT2D eigenvalue weighted by molar-refractivity contribution is 8.26. The minimum absolute atomic E-state index is 0.215. The van der Waals surface area contributed by atoms with Crippen molar-refractivity contribution >= 4 is 46.3 Å². The molecule has 0 unspecified atom stereocenters. The maximum atomic E-state index is 13.6. The Morgan fingerprint density at radius 1 is 1.09 bits per heavy atom. The fourth-order valence-electron chi connectivity index (χ4n) is 1.65. The number of benzene rings is 1. The topological polar surface area (TPSA) is 57.6 Å². The summed E-state index contributed by atoms with van der Waals surface area (Å²) >= 11 is 5.22.